The molecule has 0 unspecified atom stereocenters. The maximum Gasteiger partial charge on any atom is 0.271 e. The van der Waals surface area contributed by atoms with Gasteiger partial charge >= 0.3 is 0 Å². The molecule has 1 rings (SSSR count). The second kappa shape index (κ2) is 5.14. The Morgan fingerprint density at radius 3 is 2.47 bits per heavy atom. The molecule has 15 heavy (non-hydrogen) atoms. The molecule has 0 bridgehead atoms. The lowest BCUT2D eigenvalue weighted by atomic mass is 10.1. The lowest BCUT2D eigenvalue weighted by Crippen LogP contribution is -2.20. The van der Waals surface area contributed by atoms with Crippen LogP contribution in [0.3, 0.4) is 0 Å². The Kier molecular flexibility index (Phi) is 3.85. The molecule has 0 radical (unpaired) electrons. The summed E-state index contributed by atoms with van der Waals surface area (Å²) in [7, 11) is 3.67. The maximum atomic E-state index is 11.5. The molecular weight excluding hydrogens is 190 g/mol. The first-order chi connectivity index (χ1) is 7.09. The van der Waals surface area contributed by atoms with Crippen molar-refractivity contribution in [3.05, 3.63) is 35.4 Å². The molecule has 1 aromatic carbocycles. The average Bonchev–Trinajstić information content (AvgIpc) is 2.18. The van der Waals surface area contributed by atoms with Gasteiger partial charge in [0.2, 0.25) is 0 Å². The van der Waals surface area contributed by atoms with Gasteiger partial charge in [-0.05, 0) is 19.1 Å². The summed E-state index contributed by atoms with van der Waals surface area (Å²) in [4.78, 5) is 13.2. The summed E-state index contributed by atoms with van der Waals surface area (Å²) >= 11 is 0. The van der Waals surface area contributed by atoms with E-state index in [0.717, 1.165) is 5.56 Å². The summed E-state index contributed by atoms with van der Waals surface area (Å²) in [5.41, 5.74) is 4.17. The summed E-state index contributed by atoms with van der Waals surface area (Å²) in [6.45, 7) is 1.98. The first-order valence-corrected chi connectivity index (χ1v) is 4.66. The highest BCUT2D eigenvalue weighted by Gasteiger charge is 2.02. The van der Waals surface area contributed by atoms with Gasteiger partial charge < -0.3 is 4.90 Å². The van der Waals surface area contributed by atoms with E-state index in [1.54, 1.807) is 17.0 Å². The van der Waals surface area contributed by atoms with E-state index in [1.165, 1.54) is 6.34 Å². The number of nitrogens with one attached hydrogen (secondary N) is 1. The molecule has 0 aliphatic carbocycles. The third kappa shape index (κ3) is 3.81. The van der Waals surface area contributed by atoms with E-state index in [0.29, 0.717) is 5.56 Å². The summed E-state index contributed by atoms with van der Waals surface area (Å²) in [6.07, 6.45) is 1.53. The number of carbonyl (C=O) groups is 1. The van der Waals surface area contributed by atoms with Crippen LogP contribution in [0.15, 0.2) is 29.4 Å². The fourth-order valence-corrected chi connectivity index (χ4v) is 0.972. The van der Waals surface area contributed by atoms with Crippen molar-refractivity contribution in [2.24, 2.45) is 5.10 Å². The van der Waals surface area contributed by atoms with Crippen molar-refractivity contribution in [2.45, 2.75) is 6.92 Å². The van der Waals surface area contributed by atoms with Crippen molar-refractivity contribution < 1.29 is 4.79 Å². The van der Waals surface area contributed by atoms with E-state index in [1.807, 2.05) is 33.2 Å². The normalized spacial score (nSPS) is 10.3. The standard InChI is InChI=1S/C11H15N3O/c1-9-4-6-10(7-5-9)11(15)13-12-8-14(2)3/h4-8H,1-3H3,(H,13,15)/b12-8-. The Balaban J connectivity index is 2.58. The SMILES string of the molecule is Cc1ccc(C(=O)N/N=C\N(C)C)cc1. The van der Waals surface area contributed by atoms with Crippen LogP contribution >= 0.6 is 0 Å². The number of rotatable bonds is 3. The van der Waals surface area contributed by atoms with Gasteiger partial charge in [0.15, 0.2) is 0 Å². The molecule has 0 fully saturated rings. The predicted molar refractivity (Wildman–Crippen MR) is 60.8 cm³/mol. The average molecular weight is 205 g/mol. The molecule has 4 heteroatoms. The van der Waals surface area contributed by atoms with Gasteiger partial charge in [0.25, 0.3) is 5.91 Å². The Bertz CT molecular complexity index is 355. The molecular formula is C11H15N3O. The lowest BCUT2D eigenvalue weighted by molar-refractivity contribution is 0.0954. The zero-order valence-corrected chi connectivity index (χ0v) is 9.19. The highest BCUT2D eigenvalue weighted by Crippen LogP contribution is 2.02. The molecule has 80 valence electrons. The minimum atomic E-state index is -0.201. The van der Waals surface area contributed by atoms with Gasteiger partial charge in [-0.2, -0.15) is 5.10 Å². The number of carbonyl (C=O) groups excluding carboxylic acids is 1. The monoisotopic (exact) mass is 205 g/mol. The fourth-order valence-electron chi connectivity index (χ4n) is 0.972. The van der Waals surface area contributed by atoms with Gasteiger partial charge in [0.1, 0.15) is 6.34 Å². The van der Waals surface area contributed by atoms with E-state index in [9.17, 15) is 4.79 Å². The Labute approximate surface area is 89.6 Å². The van der Waals surface area contributed by atoms with Gasteiger partial charge in [-0.15, -0.1) is 0 Å². The summed E-state index contributed by atoms with van der Waals surface area (Å²) in [5, 5.41) is 3.77. The number of hydrazone groups is 1. The smallest absolute Gasteiger partial charge is 0.271 e. The summed E-state index contributed by atoms with van der Waals surface area (Å²) in [5.74, 6) is -0.201. The highest BCUT2D eigenvalue weighted by atomic mass is 16.2. The van der Waals surface area contributed by atoms with E-state index in [2.05, 4.69) is 10.5 Å². The largest absolute Gasteiger partial charge is 0.367 e. The van der Waals surface area contributed by atoms with Gasteiger partial charge in [-0.25, -0.2) is 5.43 Å². The quantitative estimate of drug-likeness (QED) is 0.458. The van der Waals surface area contributed by atoms with Crippen molar-refractivity contribution >= 4 is 12.2 Å². The summed E-state index contributed by atoms with van der Waals surface area (Å²) in [6, 6.07) is 7.33. The number of hydrogen-bond acceptors (Lipinski definition) is 2. The number of hydrogen-bond donors (Lipinski definition) is 1. The Hall–Kier alpha value is -1.84. The van der Waals surface area contributed by atoms with Crippen LogP contribution < -0.4 is 5.43 Å². The molecule has 0 heterocycles. The fraction of sp³-hybridized carbons (Fsp3) is 0.273. The molecule has 0 aliphatic rings. The molecule has 0 atom stereocenters. The van der Waals surface area contributed by atoms with Crippen LogP contribution in [0.1, 0.15) is 15.9 Å². The minimum absolute atomic E-state index is 0.201. The number of nitrogens with zero attached hydrogens (tertiary/aromatic N) is 2. The predicted octanol–water partition coefficient (Wildman–Crippen LogP) is 1.23. The molecule has 0 aliphatic heterocycles. The van der Waals surface area contributed by atoms with Crippen LogP contribution in [0.4, 0.5) is 0 Å². The molecule has 4 nitrogen and oxygen atoms in total. The third-order valence-corrected chi connectivity index (χ3v) is 1.77. The molecule has 1 amide bonds. The second-order valence-electron chi connectivity index (χ2n) is 3.52. The zero-order chi connectivity index (χ0) is 11.3. The van der Waals surface area contributed by atoms with Gasteiger partial charge in [-0.3, -0.25) is 4.79 Å². The van der Waals surface area contributed by atoms with Crippen LogP contribution in [0.5, 0.6) is 0 Å². The van der Waals surface area contributed by atoms with Crippen LogP contribution in [0, 0.1) is 6.92 Å². The Morgan fingerprint density at radius 2 is 1.93 bits per heavy atom. The lowest BCUT2D eigenvalue weighted by Gasteiger charge is -2.03. The van der Waals surface area contributed by atoms with Crippen molar-refractivity contribution in [2.75, 3.05) is 14.1 Å². The van der Waals surface area contributed by atoms with Crippen LogP contribution in [0.2, 0.25) is 0 Å². The Morgan fingerprint density at radius 1 is 1.33 bits per heavy atom. The molecule has 0 saturated carbocycles. The van der Waals surface area contributed by atoms with Gasteiger partial charge in [0, 0.05) is 19.7 Å². The van der Waals surface area contributed by atoms with Gasteiger partial charge in [0.05, 0.1) is 0 Å². The van der Waals surface area contributed by atoms with Crippen molar-refractivity contribution in [3.8, 4) is 0 Å². The second-order valence-corrected chi connectivity index (χ2v) is 3.52. The first kappa shape index (κ1) is 11.2. The number of aryl methyl sites for hydroxylation is 1. The topological polar surface area (TPSA) is 44.7 Å². The molecule has 1 aromatic rings. The minimum Gasteiger partial charge on any atom is -0.367 e. The van der Waals surface area contributed by atoms with E-state index in [-0.39, 0.29) is 5.91 Å². The summed E-state index contributed by atoms with van der Waals surface area (Å²) < 4.78 is 0. The molecule has 0 spiro atoms. The van der Waals surface area contributed by atoms with E-state index in [4.69, 9.17) is 0 Å². The zero-order valence-electron chi connectivity index (χ0n) is 9.19. The molecule has 0 aromatic heterocycles. The van der Waals surface area contributed by atoms with Crippen LogP contribution in [-0.2, 0) is 0 Å². The maximum absolute atomic E-state index is 11.5. The van der Waals surface area contributed by atoms with Crippen LogP contribution in [0.25, 0.3) is 0 Å². The van der Waals surface area contributed by atoms with Crippen molar-refractivity contribution in [1.82, 2.24) is 10.3 Å². The number of benzene rings is 1. The number of amides is 1. The van der Waals surface area contributed by atoms with Crippen molar-refractivity contribution in [3.63, 3.8) is 0 Å². The van der Waals surface area contributed by atoms with Crippen LogP contribution in [-0.4, -0.2) is 31.2 Å². The molecule has 0 saturated heterocycles. The highest BCUT2D eigenvalue weighted by molar-refractivity contribution is 5.94. The first-order valence-electron chi connectivity index (χ1n) is 4.66. The van der Waals surface area contributed by atoms with E-state index < -0.39 is 0 Å². The van der Waals surface area contributed by atoms with Gasteiger partial charge in [-0.1, -0.05) is 17.7 Å². The molecule has 1 N–H and O–H groups in total. The third-order valence-electron chi connectivity index (χ3n) is 1.77. The van der Waals surface area contributed by atoms with E-state index >= 15 is 0 Å². The van der Waals surface area contributed by atoms with Crippen molar-refractivity contribution in [1.29, 1.82) is 0 Å².